The molecule has 1 aromatic rings. The van der Waals surface area contributed by atoms with Gasteiger partial charge in [0.2, 0.25) is 0 Å². The first-order valence-electron chi connectivity index (χ1n) is 4.22. The smallest absolute Gasteiger partial charge is 0.126 e. The van der Waals surface area contributed by atoms with Gasteiger partial charge >= 0.3 is 0 Å². The molecule has 0 spiro atoms. The quantitative estimate of drug-likeness (QED) is 0.730. The van der Waals surface area contributed by atoms with E-state index in [9.17, 15) is 9.50 Å². The number of hydrogen-bond acceptors (Lipinski definition) is 2. The molecule has 0 bridgehead atoms. The largest absolute Gasteiger partial charge is 0.391 e. The van der Waals surface area contributed by atoms with Crippen molar-refractivity contribution < 1.29 is 9.50 Å². The molecular weight excluding hydrogens is 169 g/mol. The molecule has 13 heavy (non-hydrogen) atoms. The Labute approximate surface area is 77.2 Å². The molecular formula is C10H14FNO. The Morgan fingerprint density at radius 1 is 1.46 bits per heavy atom. The van der Waals surface area contributed by atoms with E-state index in [4.69, 9.17) is 5.73 Å². The van der Waals surface area contributed by atoms with Crippen LogP contribution in [-0.2, 0) is 0 Å². The maximum absolute atomic E-state index is 13.1. The summed E-state index contributed by atoms with van der Waals surface area (Å²) in [5.74, 6) is -0.284. The second-order valence-electron chi connectivity index (χ2n) is 3.28. The van der Waals surface area contributed by atoms with E-state index in [-0.39, 0.29) is 5.82 Å². The summed E-state index contributed by atoms with van der Waals surface area (Å²) in [4.78, 5) is 0. The molecule has 1 rings (SSSR count). The van der Waals surface area contributed by atoms with Gasteiger partial charge in [0, 0.05) is 0 Å². The first-order chi connectivity index (χ1) is 6.02. The molecule has 3 heteroatoms. The zero-order valence-electron chi connectivity index (χ0n) is 7.79. The van der Waals surface area contributed by atoms with E-state index in [1.807, 2.05) is 0 Å². The van der Waals surface area contributed by atoms with Crippen molar-refractivity contribution in [2.45, 2.75) is 26.0 Å². The first kappa shape index (κ1) is 10.2. The lowest BCUT2D eigenvalue weighted by Crippen LogP contribution is -2.23. The average molecular weight is 183 g/mol. The van der Waals surface area contributed by atoms with Gasteiger partial charge in [-0.05, 0) is 31.0 Å². The standard InChI is InChI=1S/C10H14FNO/c1-6-3-4-8(5-9(6)11)10(12)7(2)13/h3-5,7,10,13H,12H2,1-2H3/t7-,10-/m0/s1. The van der Waals surface area contributed by atoms with Crippen molar-refractivity contribution in [3.63, 3.8) is 0 Å². The Kier molecular flexibility index (Phi) is 3.01. The SMILES string of the molecule is Cc1ccc([C@@H](N)[C@H](C)O)cc1F. The highest BCUT2D eigenvalue weighted by molar-refractivity contribution is 5.26. The van der Waals surface area contributed by atoms with Crippen molar-refractivity contribution in [3.05, 3.63) is 35.1 Å². The van der Waals surface area contributed by atoms with Crippen LogP contribution in [0.1, 0.15) is 24.1 Å². The van der Waals surface area contributed by atoms with Crippen LogP contribution in [0.15, 0.2) is 18.2 Å². The molecule has 0 radical (unpaired) electrons. The minimum absolute atomic E-state index is 0.284. The lowest BCUT2D eigenvalue weighted by atomic mass is 10.0. The van der Waals surface area contributed by atoms with Crippen molar-refractivity contribution in [1.82, 2.24) is 0 Å². The molecule has 0 aromatic heterocycles. The second kappa shape index (κ2) is 3.85. The van der Waals surface area contributed by atoms with Gasteiger partial charge in [-0.1, -0.05) is 12.1 Å². The Hall–Kier alpha value is -0.930. The highest BCUT2D eigenvalue weighted by atomic mass is 19.1. The van der Waals surface area contributed by atoms with Gasteiger partial charge in [0.25, 0.3) is 0 Å². The van der Waals surface area contributed by atoms with Crippen LogP contribution in [0.3, 0.4) is 0 Å². The summed E-state index contributed by atoms with van der Waals surface area (Å²) in [6, 6.07) is 4.24. The molecule has 2 atom stereocenters. The fourth-order valence-electron chi connectivity index (χ4n) is 1.09. The Morgan fingerprint density at radius 2 is 2.08 bits per heavy atom. The fourth-order valence-corrected chi connectivity index (χ4v) is 1.09. The number of aliphatic hydroxyl groups excluding tert-OH is 1. The maximum Gasteiger partial charge on any atom is 0.126 e. The monoisotopic (exact) mass is 183 g/mol. The van der Waals surface area contributed by atoms with E-state index < -0.39 is 12.1 Å². The normalized spacial score (nSPS) is 15.5. The molecule has 0 saturated carbocycles. The molecule has 72 valence electrons. The van der Waals surface area contributed by atoms with Gasteiger partial charge in [-0.25, -0.2) is 4.39 Å². The van der Waals surface area contributed by atoms with E-state index in [1.54, 1.807) is 26.0 Å². The first-order valence-corrected chi connectivity index (χ1v) is 4.22. The highest BCUT2D eigenvalue weighted by Gasteiger charge is 2.12. The van der Waals surface area contributed by atoms with Crippen LogP contribution in [0.2, 0.25) is 0 Å². The zero-order chi connectivity index (χ0) is 10.0. The lowest BCUT2D eigenvalue weighted by molar-refractivity contribution is 0.164. The molecule has 0 amide bonds. The Morgan fingerprint density at radius 3 is 2.54 bits per heavy atom. The van der Waals surface area contributed by atoms with E-state index in [2.05, 4.69) is 0 Å². The van der Waals surface area contributed by atoms with Crippen LogP contribution in [0.25, 0.3) is 0 Å². The number of hydrogen-bond donors (Lipinski definition) is 2. The van der Waals surface area contributed by atoms with Gasteiger partial charge in [-0.15, -0.1) is 0 Å². The second-order valence-corrected chi connectivity index (χ2v) is 3.28. The molecule has 0 aliphatic rings. The van der Waals surface area contributed by atoms with Gasteiger partial charge in [-0.3, -0.25) is 0 Å². The molecule has 1 aromatic carbocycles. The lowest BCUT2D eigenvalue weighted by Gasteiger charge is -2.15. The summed E-state index contributed by atoms with van der Waals surface area (Å²) in [5.41, 5.74) is 6.85. The third kappa shape index (κ3) is 2.26. The molecule has 0 heterocycles. The minimum atomic E-state index is -0.665. The van der Waals surface area contributed by atoms with Crippen LogP contribution in [0.5, 0.6) is 0 Å². The molecule has 0 fully saturated rings. The molecule has 0 unspecified atom stereocenters. The molecule has 3 N–H and O–H groups in total. The maximum atomic E-state index is 13.1. The van der Waals surface area contributed by atoms with Crippen LogP contribution >= 0.6 is 0 Å². The number of nitrogens with two attached hydrogens (primary N) is 1. The average Bonchev–Trinajstić information content (AvgIpc) is 2.08. The summed E-state index contributed by atoms with van der Waals surface area (Å²) < 4.78 is 13.1. The summed E-state index contributed by atoms with van der Waals surface area (Å²) >= 11 is 0. The van der Waals surface area contributed by atoms with Gasteiger partial charge < -0.3 is 10.8 Å². The summed E-state index contributed by atoms with van der Waals surface area (Å²) in [6.45, 7) is 3.27. The number of halogens is 1. The Bertz CT molecular complexity index is 299. The van der Waals surface area contributed by atoms with Crippen LogP contribution in [0, 0.1) is 12.7 Å². The predicted molar refractivity (Wildman–Crippen MR) is 49.7 cm³/mol. The minimum Gasteiger partial charge on any atom is -0.391 e. The molecule has 0 aliphatic heterocycles. The van der Waals surface area contributed by atoms with Gasteiger partial charge in [0.1, 0.15) is 5.82 Å². The van der Waals surface area contributed by atoms with Crippen molar-refractivity contribution in [2.75, 3.05) is 0 Å². The van der Waals surface area contributed by atoms with E-state index >= 15 is 0 Å². The van der Waals surface area contributed by atoms with Crippen LogP contribution in [0.4, 0.5) is 4.39 Å². The zero-order valence-corrected chi connectivity index (χ0v) is 7.79. The third-order valence-electron chi connectivity index (χ3n) is 2.10. The summed E-state index contributed by atoms with van der Waals surface area (Å²) in [7, 11) is 0. The third-order valence-corrected chi connectivity index (χ3v) is 2.10. The predicted octanol–water partition coefficient (Wildman–Crippen LogP) is 1.51. The highest BCUT2D eigenvalue weighted by Crippen LogP contribution is 2.17. The van der Waals surface area contributed by atoms with Crippen molar-refractivity contribution in [3.8, 4) is 0 Å². The van der Waals surface area contributed by atoms with E-state index in [0.717, 1.165) is 0 Å². The number of aliphatic hydroxyl groups is 1. The van der Waals surface area contributed by atoms with Gasteiger partial charge in [0.15, 0.2) is 0 Å². The fraction of sp³-hybridized carbons (Fsp3) is 0.400. The Balaban J connectivity index is 2.97. The molecule has 0 saturated heterocycles. The molecule has 2 nitrogen and oxygen atoms in total. The van der Waals surface area contributed by atoms with Gasteiger partial charge in [0.05, 0.1) is 12.1 Å². The summed E-state index contributed by atoms with van der Waals surface area (Å²) in [5, 5.41) is 9.19. The van der Waals surface area contributed by atoms with Crippen LogP contribution < -0.4 is 5.73 Å². The van der Waals surface area contributed by atoms with Crippen molar-refractivity contribution in [2.24, 2.45) is 5.73 Å². The number of aryl methyl sites for hydroxylation is 1. The van der Waals surface area contributed by atoms with E-state index in [1.165, 1.54) is 6.07 Å². The number of rotatable bonds is 2. The molecule has 0 aliphatic carbocycles. The van der Waals surface area contributed by atoms with E-state index in [0.29, 0.717) is 11.1 Å². The van der Waals surface area contributed by atoms with Crippen molar-refractivity contribution in [1.29, 1.82) is 0 Å². The van der Waals surface area contributed by atoms with Crippen LogP contribution in [-0.4, -0.2) is 11.2 Å². The van der Waals surface area contributed by atoms with Crippen molar-refractivity contribution >= 4 is 0 Å². The van der Waals surface area contributed by atoms with Gasteiger partial charge in [-0.2, -0.15) is 0 Å². The summed E-state index contributed by atoms with van der Waals surface area (Å²) in [6.07, 6.45) is -0.665. The number of benzene rings is 1. The topological polar surface area (TPSA) is 46.2 Å².